The van der Waals surface area contributed by atoms with Crippen LogP contribution < -0.4 is 10.2 Å². The largest absolute Gasteiger partial charge is 0.311 e. The number of hydrogen-bond acceptors (Lipinski definition) is 3. The summed E-state index contributed by atoms with van der Waals surface area (Å²) in [4.78, 5) is 17.4. The normalized spacial score (nSPS) is 12.9. The van der Waals surface area contributed by atoms with Gasteiger partial charge >= 0.3 is 0 Å². The third-order valence-electron chi connectivity index (χ3n) is 3.77. The van der Waals surface area contributed by atoms with E-state index in [0.717, 1.165) is 5.69 Å². The Labute approximate surface area is 143 Å². The van der Waals surface area contributed by atoms with Crippen LogP contribution in [-0.4, -0.2) is 19.5 Å². The molecule has 1 amide bonds. The maximum absolute atomic E-state index is 13.0. The van der Waals surface area contributed by atoms with Crippen LogP contribution >= 0.6 is 11.3 Å². The minimum atomic E-state index is -0.417. The third kappa shape index (κ3) is 4.43. The molecule has 1 heterocycles. The number of nitrogens with zero attached hydrogens (tertiary/aromatic N) is 1. The molecule has 2 aromatic rings. The van der Waals surface area contributed by atoms with E-state index in [0.29, 0.717) is 6.54 Å². The van der Waals surface area contributed by atoms with Crippen molar-refractivity contribution in [2.24, 2.45) is 5.41 Å². The fourth-order valence-electron chi connectivity index (χ4n) is 2.47. The first-order valence-corrected chi connectivity index (χ1v) is 8.75. The molecule has 0 saturated carbocycles. The molecule has 0 fully saturated rings. The summed E-state index contributed by atoms with van der Waals surface area (Å²) in [7, 11) is 1.95. The first kappa shape index (κ1) is 17.7. The zero-order chi connectivity index (χ0) is 17.0. The average molecular weight is 330 g/mol. The quantitative estimate of drug-likeness (QED) is 0.881. The van der Waals surface area contributed by atoms with Gasteiger partial charge in [0.25, 0.3) is 0 Å². The highest BCUT2D eigenvalue weighted by Gasteiger charge is 2.30. The van der Waals surface area contributed by atoms with Gasteiger partial charge in [0, 0.05) is 27.4 Å². The molecule has 3 nitrogen and oxygen atoms in total. The number of carbonyl (C=O) groups excluding carboxylic acids is 1. The van der Waals surface area contributed by atoms with E-state index < -0.39 is 5.41 Å². The number of anilines is 1. The molecule has 0 aliphatic heterocycles. The van der Waals surface area contributed by atoms with Gasteiger partial charge in [-0.05, 0) is 38.2 Å². The van der Waals surface area contributed by atoms with Gasteiger partial charge in [0.2, 0.25) is 5.91 Å². The standard InChI is InChI=1S/C19H26N2OS/c1-14-11-12-17(23-14)16(20-5)13-21(18(22)19(2,3)4)15-9-7-6-8-10-15/h6-12,16,20H,13H2,1-5H3. The van der Waals surface area contributed by atoms with Crippen molar-refractivity contribution in [2.75, 3.05) is 18.5 Å². The topological polar surface area (TPSA) is 32.3 Å². The molecule has 0 saturated heterocycles. The van der Waals surface area contributed by atoms with Gasteiger partial charge in [-0.3, -0.25) is 4.79 Å². The molecule has 23 heavy (non-hydrogen) atoms. The summed E-state index contributed by atoms with van der Waals surface area (Å²) >= 11 is 1.78. The van der Waals surface area contributed by atoms with E-state index in [9.17, 15) is 4.79 Å². The Morgan fingerprint density at radius 2 is 1.83 bits per heavy atom. The van der Waals surface area contributed by atoms with Crippen molar-refractivity contribution < 1.29 is 4.79 Å². The fourth-order valence-corrected chi connectivity index (χ4v) is 3.44. The third-order valence-corrected chi connectivity index (χ3v) is 4.89. The Hall–Kier alpha value is -1.65. The van der Waals surface area contributed by atoms with Crippen LogP contribution in [0.2, 0.25) is 0 Å². The summed E-state index contributed by atoms with van der Waals surface area (Å²) in [5, 5.41) is 3.35. The molecule has 1 unspecified atom stereocenters. The molecular weight excluding hydrogens is 304 g/mol. The minimum Gasteiger partial charge on any atom is -0.311 e. The number of hydrogen-bond donors (Lipinski definition) is 1. The van der Waals surface area contributed by atoms with Crippen molar-refractivity contribution >= 4 is 22.9 Å². The van der Waals surface area contributed by atoms with Crippen LogP contribution in [0.25, 0.3) is 0 Å². The summed E-state index contributed by atoms with van der Waals surface area (Å²) in [5.41, 5.74) is 0.528. The van der Waals surface area contributed by atoms with Crippen LogP contribution in [0.3, 0.4) is 0 Å². The van der Waals surface area contributed by atoms with Crippen molar-refractivity contribution in [3.05, 3.63) is 52.2 Å². The molecule has 1 aromatic heterocycles. The number of nitrogens with one attached hydrogen (secondary N) is 1. The summed E-state index contributed by atoms with van der Waals surface area (Å²) in [5.74, 6) is 0.136. The summed E-state index contributed by atoms with van der Waals surface area (Å²) in [6.07, 6.45) is 0. The lowest BCUT2D eigenvalue weighted by Crippen LogP contribution is -2.43. The number of carbonyl (C=O) groups is 1. The molecule has 2 rings (SSSR count). The van der Waals surface area contributed by atoms with Crippen LogP contribution in [0.1, 0.15) is 36.6 Å². The van der Waals surface area contributed by atoms with Crippen LogP contribution in [0.4, 0.5) is 5.69 Å². The second kappa shape index (κ2) is 7.28. The van der Waals surface area contributed by atoms with E-state index in [4.69, 9.17) is 0 Å². The van der Waals surface area contributed by atoms with E-state index in [2.05, 4.69) is 24.4 Å². The Morgan fingerprint density at radius 3 is 2.30 bits per heavy atom. The summed E-state index contributed by atoms with van der Waals surface area (Å²) in [6, 6.07) is 14.3. The van der Waals surface area contributed by atoms with E-state index >= 15 is 0 Å². The monoisotopic (exact) mass is 330 g/mol. The van der Waals surface area contributed by atoms with E-state index in [1.165, 1.54) is 9.75 Å². The van der Waals surface area contributed by atoms with Gasteiger partial charge in [-0.15, -0.1) is 11.3 Å². The lowest BCUT2D eigenvalue weighted by molar-refractivity contribution is -0.125. The second-order valence-corrected chi connectivity index (χ2v) is 8.11. The Kier molecular flexibility index (Phi) is 5.60. The zero-order valence-electron chi connectivity index (χ0n) is 14.6. The highest BCUT2D eigenvalue weighted by molar-refractivity contribution is 7.12. The van der Waals surface area contributed by atoms with Crippen LogP contribution in [0.5, 0.6) is 0 Å². The predicted molar refractivity (Wildman–Crippen MR) is 99.1 cm³/mol. The number of amides is 1. The van der Waals surface area contributed by atoms with Gasteiger partial charge in [-0.25, -0.2) is 0 Å². The summed E-state index contributed by atoms with van der Waals surface area (Å²) < 4.78 is 0. The maximum Gasteiger partial charge on any atom is 0.232 e. The Bertz CT molecular complexity index is 643. The minimum absolute atomic E-state index is 0.125. The second-order valence-electron chi connectivity index (χ2n) is 6.79. The Morgan fingerprint density at radius 1 is 1.17 bits per heavy atom. The van der Waals surface area contributed by atoms with Crippen LogP contribution in [-0.2, 0) is 4.79 Å². The van der Waals surface area contributed by atoms with Gasteiger partial charge in [-0.1, -0.05) is 39.0 Å². The first-order valence-electron chi connectivity index (χ1n) is 7.93. The molecular formula is C19H26N2OS. The Balaban J connectivity index is 2.32. The molecule has 1 atom stereocenters. The first-order chi connectivity index (χ1) is 10.8. The van der Waals surface area contributed by atoms with Gasteiger partial charge in [0.1, 0.15) is 0 Å². The highest BCUT2D eigenvalue weighted by atomic mass is 32.1. The van der Waals surface area contributed by atoms with E-state index in [-0.39, 0.29) is 11.9 Å². The number of likely N-dealkylation sites (N-methyl/N-ethyl adjacent to an activating group) is 1. The number of rotatable bonds is 5. The lowest BCUT2D eigenvalue weighted by Gasteiger charge is -2.32. The van der Waals surface area contributed by atoms with Gasteiger partial charge < -0.3 is 10.2 Å². The molecule has 0 aliphatic carbocycles. The SMILES string of the molecule is CNC(CN(C(=O)C(C)(C)C)c1ccccc1)c1ccc(C)s1. The molecule has 1 aromatic carbocycles. The molecule has 0 radical (unpaired) electrons. The molecule has 0 aliphatic rings. The molecule has 0 spiro atoms. The van der Waals surface area contributed by atoms with Gasteiger partial charge in [0.15, 0.2) is 0 Å². The van der Waals surface area contributed by atoms with Crippen molar-refractivity contribution in [2.45, 2.75) is 33.7 Å². The number of benzene rings is 1. The predicted octanol–water partition coefficient (Wildman–Crippen LogP) is 4.40. The number of thiophene rings is 1. The van der Waals surface area contributed by atoms with E-state index in [1.54, 1.807) is 11.3 Å². The van der Waals surface area contributed by atoms with Gasteiger partial charge in [-0.2, -0.15) is 0 Å². The smallest absolute Gasteiger partial charge is 0.232 e. The van der Waals surface area contributed by atoms with Crippen LogP contribution in [0, 0.1) is 12.3 Å². The summed E-state index contributed by atoms with van der Waals surface area (Å²) in [6.45, 7) is 8.63. The molecule has 0 bridgehead atoms. The maximum atomic E-state index is 13.0. The number of aryl methyl sites for hydroxylation is 1. The van der Waals surface area contributed by atoms with Crippen molar-refractivity contribution in [3.63, 3.8) is 0 Å². The van der Waals surface area contributed by atoms with Crippen LogP contribution in [0.15, 0.2) is 42.5 Å². The van der Waals surface area contributed by atoms with Crippen molar-refractivity contribution in [3.8, 4) is 0 Å². The zero-order valence-corrected chi connectivity index (χ0v) is 15.4. The van der Waals surface area contributed by atoms with Gasteiger partial charge in [0.05, 0.1) is 6.04 Å². The van der Waals surface area contributed by atoms with Crippen molar-refractivity contribution in [1.82, 2.24) is 5.32 Å². The molecule has 4 heteroatoms. The molecule has 1 N–H and O–H groups in total. The molecule has 124 valence electrons. The lowest BCUT2D eigenvalue weighted by atomic mass is 9.94. The highest BCUT2D eigenvalue weighted by Crippen LogP contribution is 2.28. The average Bonchev–Trinajstić information content (AvgIpc) is 2.94. The van der Waals surface area contributed by atoms with E-state index in [1.807, 2.05) is 63.1 Å². The van der Waals surface area contributed by atoms with Crippen molar-refractivity contribution in [1.29, 1.82) is 0 Å². The fraction of sp³-hybridized carbons (Fsp3) is 0.421. The number of para-hydroxylation sites is 1.